The number of aromatic amines is 1. The molecule has 0 aliphatic carbocycles. The Labute approximate surface area is 112 Å². The SMILES string of the molecule is O=Nc1c(-c2ccc(Br)cc2)[nH]c2ccccc12. The van der Waals surface area contributed by atoms with E-state index in [1.807, 2.05) is 48.5 Å². The lowest BCUT2D eigenvalue weighted by Crippen LogP contribution is -1.77. The molecule has 1 aromatic heterocycles. The minimum absolute atomic E-state index is 0.466. The highest BCUT2D eigenvalue weighted by molar-refractivity contribution is 9.10. The van der Waals surface area contributed by atoms with Crippen molar-refractivity contribution in [3.8, 4) is 11.3 Å². The number of nitroso groups, excluding NO2 is 1. The van der Waals surface area contributed by atoms with E-state index in [1.165, 1.54) is 0 Å². The molecule has 0 spiro atoms. The average molecular weight is 301 g/mol. The van der Waals surface area contributed by atoms with E-state index < -0.39 is 0 Å². The molecule has 0 fully saturated rings. The van der Waals surface area contributed by atoms with Crippen LogP contribution in [0, 0.1) is 4.91 Å². The Balaban J connectivity index is 2.28. The Morgan fingerprint density at radius 3 is 2.44 bits per heavy atom. The number of nitrogens with zero attached hydrogens (tertiary/aromatic N) is 1. The van der Waals surface area contributed by atoms with E-state index in [4.69, 9.17) is 0 Å². The molecule has 0 bridgehead atoms. The number of rotatable bonds is 2. The van der Waals surface area contributed by atoms with Crippen LogP contribution in [-0.2, 0) is 0 Å². The second kappa shape index (κ2) is 4.38. The molecule has 3 rings (SSSR count). The van der Waals surface area contributed by atoms with Crippen molar-refractivity contribution in [1.29, 1.82) is 0 Å². The van der Waals surface area contributed by atoms with Gasteiger partial charge in [0.2, 0.25) is 0 Å². The predicted molar refractivity (Wildman–Crippen MR) is 76.9 cm³/mol. The largest absolute Gasteiger partial charge is 0.353 e. The van der Waals surface area contributed by atoms with Crippen LogP contribution in [0.1, 0.15) is 0 Å². The number of halogens is 1. The van der Waals surface area contributed by atoms with Crippen LogP contribution in [0.5, 0.6) is 0 Å². The summed E-state index contributed by atoms with van der Waals surface area (Å²) >= 11 is 3.39. The molecule has 0 aliphatic rings. The molecular formula is C14H9BrN2O. The number of fused-ring (bicyclic) bond motifs is 1. The van der Waals surface area contributed by atoms with Crippen LogP contribution in [-0.4, -0.2) is 4.98 Å². The van der Waals surface area contributed by atoms with Crippen LogP contribution in [0.25, 0.3) is 22.2 Å². The van der Waals surface area contributed by atoms with Crippen LogP contribution in [0.15, 0.2) is 58.2 Å². The fourth-order valence-corrected chi connectivity index (χ4v) is 2.31. The van der Waals surface area contributed by atoms with Crippen LogP contribution >= 0.6 is 15.9 Å². The number of hydrogen-bond acceptors (Lipinski definition) is 2. The van der Waals surface area contributed by atoms with Gasteiger partial charge in [0.25, 0.3) is 0 Å². The molecule has 1 N–H and O–H groups in total. The second-order valence-corrected chi connectivity index (χ2v) is 4.91. The van der Waals surface area contributed by atoms with Gasteiger partial charge in [0.15, 0.2) is 0 Å². The molecule has 0 unspecified atom stereocenters. The molecule has 3 nitrogen and oxygen atoms in total. The van der Waals surface area contributed by atoms with E-state index in [0.717, 1.165) is 26.6 Å². The summed E-state index contributed by atoms with van der Waals surface area (Å²) in [6, 6.07) is 15.4. The van der Waals surface area contributed by atoms with E-state index in [-0.39, 0.29) is 0 Å². The first-order valence-corrected chi connectivity index (χ1v) is 6.29. The van der Waals surface area contributed by atoms with E-state index >= 15 is 0 Å². The van der Waals surface area contributed by atoms with Crippen LogP contribution in [0.4, 0.5) is 5.69 Å². The standard InChI is InChI=1S/C14H9BrN2O/c15-10-7-5-9(6-8-10)13-14(17-18)11-3-1-2-4-12(11)16-13/h1-8,16H. The summed E-state index contributed by atoms with van der Waals surface area (Å²) in [4.78, 5) is 14.3. The third-order valence-corrected chi connectivity index (χ3v) is 3.43. The third kappa shape index (κ3) is 1.75. The molecule has 1 heterocycles. The maximum atomic E-state index is 11.1. The number of nitrogens with one attached hydrogen (secondary N) is 1. The summed E-state index contributed by atoms with van der Waals surface area (Å²) in [5, 5.41) is 4.02. The summed E-state index contributed by atoms with van der Waals surface area (Å²) in [5.41, 5.74) is 3.10. The minimum atomic E-state index is 0.466. The van der Waals surface area contributed by atoms with Gasteiger partial charge in [-0.05, 0) is 23.4 Å². The van der Waals surface area contributed by atoms with E-state index in [1.54, 1.807) is 0 Å². The lowest BCUT2D eigenvalue weighted by Gasteiger charge is -1.99. The quantitative estimate of drug-likeness (QED) is 0.665. The van der Waals surface area contributed by atoms with Crippen LogP contribution in [0.3, 0.4) is 0 Å². The van der Waals surface area contributed by atoms with Gasteiger partial charge >= 0.3 is 0 Å². The topological polar surface area (TPSA) is 45.2 Å². The number of aromatic nitrogens is 1. The molecule has 18 heavy (non-hydrogen) atoms. The molecule has 88 valence electrons. The zero-order chi connectivity index (χ0) is 12.5. The summed E-state index contributed by atoms with van der Waals surface area (Å²) in [6.45, 7) is 0. The number of benzene rings is 2. The molecule has 0 aliphatic heterocycles. The van der Waals surface area contributed by atoms with Gasteiger partial charge in [-0.1, -0.05) is 46.3 Å². The van der Waals surface area contributed by atoms with Gasteiger partial charge in [-0.25, -0.2) is 0 Å². The highest BCUT2D eigenvalue weighted by Crippen LogP contribution is 2.37. The minimum Gasteiger partial charge on any atom is -0.353 e. The average Bonchev–Trinajstić information content (AvgIpc) is 2.78. The monoisotopic (exact) mass is 300 g/mol. The fraction of sp³-hybridized carbons (Fsp3) is 0. The van der Waals surface area contributed by atoms with Crippen molar-refractivity contribution in [1.82, 2.24) is 4.98 Å². The van der Waals surface area contributed by atoms with Gasteiger partial charge in [0.05, 0.1) is 5.69 Å². The van der Waals surface area contributed by atoms with Crippen molar-refractivity contribution in [2.75, 3.05) is 0 Å². The van der Waals surface area contributed by atoms with Crippen molar-refractivity contribution >= 4 is 32.5 Å². The third-order valence-electron chi connectivity index (χ3n) is 2.90. The van der Waals surface area contributed by atoms with Crippen molar-refractivity contribution in [3.05, 3.63) is 57.9 Å². The van der Waals surface area contributed by atoms with Gasteiger partial charge in [-0.2, -0.15) is 0 Å². The predicted octanol–water partition coefficient (Wildman–Crippen LogP) is 5.00. The summed E-state index contributed by atoms with van der Waals surface area (Å²) in [6.07, 6.45) is 0. The van der Waals surface area contributed by atoms with Crippen LogP contribution in [0.2, 0.25) is 0 Å². The highest BCUT2D eigenvalue weighted by atomic mass is 79.9. The van der Waals surface area contributed by atoms with Gasteiger partial charge in [-0.3, -0.25) is 0 Å². The van der Waals surface area contributed by atoms with E-state index in [9.17, 15) is 4.91 Å². The first kappa shape index (κ1) is 11.2. The maximum absolute atomic E-state index is 11.1. The van der Waals surface area contributed by atoms with Gasteiger partial charge in [0.1, 0.15) is 5.69 Å². The fourth-order valence-electron chi connectivity index (χ4n) is 2.05. The van der Waals surface area contributed by atoms with Crippen LogP contribution < -0.4 is 0 Å². The molecule has 0 amide bonds. The molecule has 0 saturated carbocycles. The molecule has 0 atom stereocenters. The lowest BCUT2D eigenvalue weighted by molar-refractivity contribution is 1.42. The molecule has 4 heteroatoms. The van der Waals surface area contributed by atoms with E-state index in [0.29, 0.717) is 5.69 Å². The van der Waals surface area contributed by atoms with Crippen molar-refractivity contribution in [2.45, 2.75) is 0 Å². The Morgan fingerprint density at radius 1 is 1.00 bits per heavy atom. The first-order valence-electron chi connectivity index (χ1n) is 5.49. The number of hydrogen-bond donors (Lipinski definition) is 1. The maximum Gasteiger partial charge on any atom is 0.141 e. The van der Waals surface area contributed by atoms with Crippen molar-refractivity contribution < 1.29 is 0 Å². The van der Waals surface area contributed by atoms with Gasteiger partial charge in [-0.15, -0.1) is 4.91 Å². The normalized spacial score (nSPS) is 10.7. The molecule has 2 aromatic carbocycles. The summed E-state index contributed by atoms with van der Waals surface area (Å²) < 4.78 is 1.00. The number of H-pyrrole nitrogens is 1. The van der Waals surface area contributed by atoms with Crippen molar-refractivity contribution in [2.24, 2.45) is 5.18 Å². The smallest absolute Gasteiger partial charge is 0.141 e. The van der Waals surface area contributed by atoms with Gasteiger partial charge < -0.3 is 4.98 Å². The van der Waals surface area contributed by atoms with E-state index in [2.05, 4.69) is 26.1 Å². The van der Waals surface area contributed by atoms with Crippen molar-refractivity contribution in [3.63, 3.8) is 0 Å². The zero-order valence-electron chi connectivity index (χ0n) is 9.35. The Hall–Kier alpha value is -1.94. The Kier molecular flexibility index (Phi) is 2.72. The molecule has 0 radical (unpaired) electrons. The molecular weight excluding hydrogens is 292 g/mol. The first-order chi connectivity index (χ1) is 8.79. The summed E-state index contributed by atoms with van der Waals surface area (Å²) in [5.74, 6) is 0. The Morgan fingerprint density at radius 2 is 1.72 bits per heavy atom. The molecule has 3 aromatic rings. The number of para-hydroxylation sites is 1. The van der Waals surface area contributed by atoms with Gasteiger partial charge in [0, 0.05) is 20.9 Å². The summed E-state index contributed by atoms with van der Waals surface area (Å²) in [7, 11) is 0. The highest BCUT2D eigenvalue weighted by Gasteiger charge is 2.13. The lowest BCUT2D eigenvalue weighted by atomic mass is 10.1. The Bertz CT molecular complexity index is 716. The zero-order valence-corrected chi connectivity index (χ0v) is 10.9. The second-order valence-electron chi connectivity index (χ2n) is 3.99. The molecule has 0 saturated heterocycles.